The monoisotopic (exact) mass is 123 g/mol. The molecule has 0 aliphatic heterocycles. The molecule has 0 radical (unpaired) electrons. The van der Waals surface area contributed by atoms with Crippen LogP contribution in [0.5, 0.6) is 0 Å². The van der Waals surface area contributed by atoms with Gasteiger partial charge in [-0.3, -0.25) is 4.79 Å². The van der Waals surface area contributed by atoms with Gasteiger partial charge in [-0.15, -0.1) is 0 Å². The molecule has 0 unspecified atom stereocenters. The Balaban J connectivity index is 2.32. The van der Waals surface area contributed by atoms with E-state index in [1.807, 2.05) is 0 Å². The predicted octanol–water partition coefficient (Wildman–Crippen LogP) is 1.27. The quantitative estimate of drug-likeness (QED) is 0.526. The number of hydrogen-bond acceptors (Lipinski definition) is 2. The van der Waals surface area contributed by atoms with E-state index in [2.05, 4.69) is 6.07 Å². The number of Topliss-reactive ketones (excluding diaryl/α,β-unsaturated/α-hetero) is 1. The van der Waals surface area contributed by atoms with Crippen LogP contribution in [0.1, 0.15) is 25.7 Å². The number of ketones is 1. The Bertz CT molecular complexity index is 157. The van der Waals surface area contributed by atoms with Crippen LogP contribution >= 0.6 is 0 Å². The SMILES string of the molecule is N#CC[C@H]1CCC(=O)C1. The summed E-state index contributed by atoms with van der Waals surface area (Å²) in [6.07, 6.45) is 2.85. The molecule has 0 heterocycles. The summed E-state index contributed by atoms with van der Waals surface area (Å²) in [5.41, 5.74) is 0. The molecule has 1 aliphatic rings. The van der Waals surface area contributed by atoms with Crippen molar-refractivity contribution in [2.75, 3.05) is 0 Å². The molecule has 1 saturated carbocycles. The van der Waals surface area contributed by atoms with Crippen LogP contribution in [0.3, 0.4) is 0 Å². The summed E-state index contributed by atoms with van der Waals surface area (Å²) in [5.74, 6) is 0.706. The minimum absolute atomic E-state index is 0.329. The number of nitrogens with zero attached hydrogens (tertiary/aromatic N) is 1. The number of carbonyl (C=O) groups is 1. The first kappa shape index (κ1) is 6.28. The molecule has 0 N–H and O–H groups in total. The highest BCUT2D eigenvalue weighted by Crippen LogP contribution is 2.23. The van der Waals surface area contributed by atoms with Crippen LogP contribution in [0.25, 0.3) is 0 Å². The Labute approximate surface area is 54.5 Å². The fourth-order valence-corrected chi connectivity index (χ4v) is 1.19. The zero-order valence-corrected chi connectivity index (χ0v) is 5.26. The second-order valence-electron chi connectivity index (χ2n) is 2.51. The molecular formula is C7H9NO. The Morgan fingerprint density at radius 2 is 2.56 bits per heavy atom. The van der Waals surface area contributed by atoms with Crippen molar-refractivity contribution in [3.8, 4) is 6.07 Å². The highest BCUT2D eigenvalue weighted by Gasteiger charge is 2.20. The van der Waals surface area contributed by atoms with Crippen molar-refractivity contribution in [1.82, 2.24) is 0 Å². The molecule has 1 fully saturated rings. The summed E-state index contributed by atoms with van der Waals surface area (Å²) in [4.78, 5) is 10.6. The standard InChI is InChI=1S/C7H9NO/c8-4-3-6-1-2-7(9)5-6/h6H,1-3,5H2/t6-/m1/s1. The van der Waals surface area contributed by atoms with E-state index in [9.17, 15) is 4.79 Å². The largest absolute Gasteiger partial charge is 0.300 e. The van der Waals surface area contributed by atoms with Crippen molar-refractivity contribution in [3.63, 3.8) is 0 Å². The molecule has 1 aliphatic carbocycles. The third kappa shape index (κ3) is 1.53. The smallest absolute Gasteiger partial charge is 0.133 e. The molecule has 0 amide bonds. The van der Waals surface area contributed by atoms with Crippen molar-refractivity contribution in [1.29, 1.82) is 5.26 Å². The minimum Gasteiger partial charge on any atom is -0.300 e. The maximum atomic E-state index is 10.6. The summed E-state index contributed by atoms with van der Waals surface area (Å²) in [6.45, 7) is 0. The van der Waals surface area contributed by atoms with Gasteiger partial charge < -0.3 is 0 Å². The molecule has 0 aromatic carbocycles. The van der Waals surface area contributed by atoms with Gasteiger partial charge in [0.15, 0.2) is 0 Å². The number of hydrogen-bond donors (Lipinski definition) is 0. The zero-order valence-electron chi connectivity index (χ0n) is 5.26. The topological polar surface area (TPSA) is 40.9 Å². The van der Waals surface area contributed by atoms with Crippen LogP contribution in [0.15, 0.2) is 0 Å². The van der Waals surface area contributed by atoms with Gasteiger partial charge in [-0.25, -0.2) is 0 Å². The van der Waals surface area contributed by atoms with Crippen LogP contribution in [-0.2, 0) is 4.79 Å². The fraction of sp³-hybridized carbons (Fsp3) is 0.714. The van der Waals surface area contributed by atoms with E-state index in [4.69, 9.17) is 5.26 Å². The molecule has 2 nitrogen and oxygen atoms in total. The van der Waals surface area contributed by atoms with Crippen LogP contribution in [0, 0.1) is 17.2 Å². The van der Waals surface area contributed by atoms with Crippen LogP contribution in [0.2, 0.25) is 0 Å². The summed E-state index contributed by atoms with van der Waals surface area (Å²) < 4.78 is 0. The maximum absolute atomic E-state index is 10.6. The van der Waals surface area contributed by atoms with Crippen LogP contribution in [-0.4, -0.2) is 5.78 Å². The van der Waals surface area contributed by atoms with E-state index in [-0.39, 0.29) is 0 Å². The van der Waals surface area contributed by atoms with E-state index < -0.39 is 0 Å². The predicted molar refractivity (Wildman–Crippen MR) is 32.6 cm³/mol. The van der Waals surface area contributed by atoms with Crippen molar-refractivity contribution < 1.29 is 4.79 Å². The lowest BCUT2D eigenvalue weighted by atomic mass is 10.1. The second kappa shape index (κ2) is 2.63. The normalized spacial score (nSPS) is 26.1. The summed E-state index contributed by atoms with van der Waals surface area (Å²) in [6, 6.07) is 2.08. The fourth-order valence-electron chi connectivity index (χ4n) is 1.19. The lowest BCUT2D eigenvalue weighted by Crippen LogP contribution is -1.92. The minimum atomic E-state index is 0.329. The summed E-state index contributed by atoms with van der Waals surface area (Å²) >= 11 is 0. The van der Waals surface area contributed by atoms with E-state index >= 15 is 0 Å². The second-order valence-corrected chi connectivity index (χ2v) is 2.51. The molecule has 2 heteroatoms. The van der Waals surface area contributed by atoms with Crippen molar-refractivity contribution in [3.05, 3.63) is 0 Å². The van der Waals surface area contributed by atoms with Crippen molar-refractivity contribution in [2.24, 2.45) is 5.92 Å². The first-order valence-electron chi connectivity index (χ1n) is 3.21. The first-order valence-corrected chi connectivity index (χ1v) is 3.21. The third-order valence-electron chi connectivity index (χ3n) is 1.73. The van der Waals surface area contributed by atoms with Gasteiger partial charge in [0.2, 0.25) is 0 Å². The average Bonchev–Trinajstić information content (AvgIpc) is 2.17. The maximum Gasteiger partial charge on any atom is 0.133 e. The Morgan fingerprint density at radius 3 is 3.00 bits per heavy atom. The molecule has 0 bridgehead atoms. The molecule has 0 spiro atoms. The number of rotatable bonds is 1. The lowest BCUT2D eigenvalue weighted by molar-refractivity contribution is -0.117. The molecule has 0 saturated heterocycles. The molecule has 0 aromatic heterocycles. The van der Waals surface area contributed by atoms with Gasteiger partial charge in [0.25, 0.3) is 0 Å². The Hall–Kier alpha value is -0.840. The van der Waals surface area contributed by atoms with Gasteiger partial charge in [0, 0.05) is 19.3 Å². The number of carbonyl (C=O) groups excluding carboxylic acids is 1. The van der Waals surface area contributed by atoms with Gasteiger partial charge in [-0.2, -0.15) is 5.26 Å². The average molecular weight is 123 g/mol. The van der Waals surface area contributed by atoms with Crippen LogP contribution < -0.4 is 0 Å². The molecular weight excluding hydrogens is 114 g/mol. The van der Waals surface area contributed by atoms with Gasteiger partial charge in [0.05, 0.1) is 6.07 Å². The van der Waals surface area contributed by atoms with E-state index in [0.717, 1.165) is 6.42 Å². The van der Waals surface area contributed by atoms with Crippen LogP contribution in [0.4, 0.5) is 0 Å². The van der Waals surface area contributed by atoms with E-state index in [1.54, 1.807) is 0 Å². The van der Waals surface area contributed by atoms with Gasteiger partial charge in [-0.1, -0.05) is 0 Å². The Kier molecular flexibility index (Phi) is 1.84. The third-order valence-corrected chi connectivity index (χ3v) is 1.73. The van der Waals surface area contributed by atoms with Crippen molar-refractivity contribution in [2.45, 2.75) is 25.7 Å². The highest BCUT2D eigenvalue weighted by molar-refractivity contribution is 5.80. The molecule has 0 aromatic rings. The first-order chi connectivity index (χ1) is 4.33. The zero-order chi connectivity index (χ0) is 6.69. The molecule has 1 rings (SSSR count). The van der Waals surface area contributed by atoms with Gasteiger partial charge >= 0.3 is 0 Å². The number of nitriles is 1. The summed E-state index contributed by atoms with van der Waals surface area (Å²) in [7, 11) is 0. The van der Waals surface area contributed by atoms with Gasteiger partial charge in [0.1, 0.15) is 5.78 Å². The molecule has 9 heavy (non-hydrogen) atoms. The lowest BCUT2D eigenvalue weighted by Gasteiger charge is -1.96. The summed E-state index contributed by atoms with van der Waals surface area (Å²) in [5, 5.41) is 8.25. The van der Waals surface area contributed by atoms with E-state index in [0.29, 0.717) is 31.0 Å². The molecule has 1 atom stereocenters. The molecule has 48 valence electrons. The highest BCUT2D eigenvalue weighted by atomic mass is 16.1. The van der Waals surface area contributed by atoms with Crippen molar-refractivity contribution >= 4 is 5.78 Å². The van der Waals surface area contributed by atoms with E-state index in [1.165, 1.54) is 0 Å². The Morgan fingerprint density at radius 1 is 1.78 bits per heavy atom. The van der Waals surface area contributed by atoms with Gasteiger partial charge in [-0.05, 0) is 12.3 Å².